The van der Waals surface area contributed by atoms with Crippen molar-refractivity contribution in [2.45, 2.75) is 6.18 Å². The van der Waals surface area contributed by atoms with Crippen LogP contribution in [0.2, 0.25) is 0 Å². The highest BCUT2D eigenvalue weighted by atomic mass is 79.9. The molecule has 0 amide bonds. The molecule has 3 aromatic rings. The molecule has 0 fully saturated rings. The Morgan fingerprint density at radius 1 is 1.04 bits per heavy atom. The van der Waals surface area contributed by atoms with Crippen molar-refractivity contribution in [2.75, 3.05) is 0 Å². The van der Waals surface area contributed by atoms with Gasteiger partial charge in [0.1, 0.15) is 11.4 Å². The second-order valence-corrected chi connectivity index (χ2v) is 5.37. The number of benzene rings is 1. The molecule has 0 radical (unpaired) electrons. The lowest BCUT2D eigenvalue weighted by molar-refractivity contribution is -0.141. The maximum atomic E-state index is 13.0. The number of aromatic nitrogens is 2. The minimum Gasteiger partial charge on any atom is -0.463 e. The highest BCUT2D eigenvalue weighted by Crippen LogP contribution is 2.32. The van der Waals surface area contributed by atoms with Crippen LogP contribution in [0.4, 0.5) is 13.2 Å². The van der Waals surface area contributed by atoms with E-state index in [1.165, 1.54) is 12.3 Å². The Morgan fingerprint density at radius 3 is 2.52 bits per heavy atom. The van der Waals surface area contributed by atoms with Gasteiger partial charge in [-0.15, -0.1) is 0 Å². The summed E-state index contributed by atoms with van der Waals surface area (Å²) in [7, 11) is 0. The quantitative estimate of drug-likeness (QED) is 0.613. The van der Waals surface area contributed by atoms with Crippen LogP contribution in [0.25, 0.3) is 11.5 Å². The van der Waals surface area contributed by atoms with Crippen LogP contribution in [-0.2, 0) is 6.18 Å². The van der Waals surface area contributed by atoms with E-state index in [-0.39, 0.29) is 11.5 Å². The average molecular weight is 385 g/mol. The smallest absolute Gasteiger partial charge is 0.433 e. The van der Waals surface area contributed by atoms with Crippen LogP contribution in [0.3, 0.4) is 0 Å². The third kappa shape index (κ3) is 3.70. The number of ether oxygens (including phenoxy) is 1. The van der Waals surface area contributed by atoms with Gasteiger partial charge >= 0.3 is 12.2 Å². The molecule has 0 aliphatic rings. The maximum Gasteiger partial charge on any atom is 0.433 e. The zero-order valence-electron chi connectivity index (χ0n) is 11.3. The molecule has 0 saturated heterocycles. The van der Waals surface area contributed by atoms with E-state index in [1.807, 2.05) is 0 Å². The zero-order chi connectivity index (χ0) is 16.4. The van der Waals surface area contributed by atoms with E-state index in [1.54, 1.807) is 30.3 Å². The van der Waals surface area contributed by atoms with Crippen LogP contribution < -0.4 is 4.74 Å². The average Bonchev–Trinajstić information content (AvgIpc) is 3.00. The lowest BCUT2D eigenvalue weighted by Crippen LogP contribution is -2.10. The Balaban J connectivity index is 2.03. The van der Waals surface area contributed by atoms with Crippen LogP contribution in [0.1, 0.15) is 5.69 Å². The van der Waals surface area contributed by atoms with Crippen molar-refractivity contribution in [2.24, 2.45) is 0 Å². The van der Waals surface area contributed by atoms with Crippen molar-refractivity contribution in [3.05, 3.63) is 58.9 Å². The highest BCUT2D eigenvalue weighted by molar-refractivity contribution is 9.10. The van der Waals surface area contributed by atoms with Gasteiger partial charge in [0.15, 0.2) is 11.5 Å². The van der Waals surface area contributed by atoms with Crippen LogP contribution >= 0.6 is 15.9 Å². The molecule has 8 heteroatoms. The SMILES string of the molecule is FC(F)(F)c1cc(-c2ccco2)nc(Oc2cccc(Br)c2)n1. The molecule has 23 heavy (non-hydrogen) atoms. The molecule has 1 aromatic carbocycles. The lowest BCUT2D eigenvalue weighted by atomic mass is 10.2. The fourth-order valence-corrected chi connectivity index (χ4v) is 2.18. The van der Waals surface area contributed by atoms with Crippen LogP contribution in [-0.4, -0.2) is 9.97 Å². The fourth-order valence-electron chi connectivity index (χ4n) is 1.80. The minimum atomic E-state index is -4.63. The molecule has 0 saturated carbocycles. The zero-order valence-corrected chi connectivity index (χ0v) is 12.9. The van der Waals surface area contributed by atoms with E-state index in [0.29, 0.717) is 10.2 Å². The normalized spacial score (nSPS) is 11.5. The van der Waals surface area contributed by atoms with Gasteiger partial charge < -0.3 is 9.15 Å². The van der Waals surface area contributed by atoms with Gasteiger partial charge in [0, 0.05) is 4.47 Å². The molecule has 0 aliphatic carbocycles. The van der Waals surface area contributed by atoms with E-state index >= 15 is 0 Å². The molecule has 2 heterocycles. The van der Waals surface area contributed by atoms with E-state index < -0.39 is 17.9 Å². The Morgan fingerprint density at radius 2 is 1.87 bits per heavy atom. The van der Waals surface area contributed by atoms with Gasteiger partial charge in [0.25, 0.3) is 0 Å². The first-order valence-corrected chi connectivity index (χ1v) is 7.15. The molecule has 0 bridgehead atoms. The summed E-state index contributed by atoms with van der Waals surface area (Å²) in [5.41, 5.74) is -1.12. The highest BCUT2D eigenvalue weighted by Gasteiger charge is 2.34. The van der Waals surface area contributed by atoms with Crippen LogP contribution in [0.15, 0.2) is 57.6 Å². The number of rotatable bonds is 3. The lowest BCUT2D eigenvalue weighted by Gasteiger charge is -2.10. The number of alkyl halides is 3. The van der Waals surface area contributed by atoms with E-state index in [9.17, 15) is 13.2 Å². The predicted octanol–water partition coefficient (Wildman–Crippen LogP) is 5.31. The molecule has 0 spiro atoms. The molecule has 0 N–H and O–H groups in total. The summed E-state index contributed by atoms with van der Waals surface area (Å²) in [6.45, 7) is 0. The first kappa shape index (κ1) is 15.5. The summed E-state index contributed by atoms with van der Waals surface area (Å²) in [6.07, 6.45) is -3.28. The minimum absolute atomic E-state index is 0.0117. The van der Waals surface area contributed by atoms with Gasteiger partial charge in [0.05, 0.1) is 6.26 Å². The first-order valence-electron chi connectivity index (χ1n) is 6.35. The van der Waals surface area contributed by atoms with Gasteiger partial charge in [-0.05, 0) is 36.4 Å². The summed E-state index contributed by atoms with van der Waals surface area (Å²) < 4.78 is 50.2. The molecule has 0 unspecified atom stereocenters. The van der Waals surface area contributed by atoms with Crippen molar-refractivity contribution in [3.8, 4) is 23.2 Å². The Bertz CT molecular complexity index is 820. The number of hydrogen-bond acceptors (Lipinski definition) is 4. The van der Waals surface area contributed by atoms with E-state index in [0.717, 1.165) is 6.07 Å². The summed E-state index contributed by atoms with van der Waals surface area (Å²) in [4.78, 5) is 7.40. The van der Waals surface area contributed by atoms with Crippen molar-refractivity contribution in [1.82, 2.24) is 9.97 Å². The van der Waals surface area contributed by atoms with E-state index in [2.05, 4.69) is 25.9 Å². The number of hydrogen-bond donors (Lipinski definition) is 0. The molecule has 0 aliphatic heterocycles. The molecule has 2 aromatic heterocycles. The van der Waals surface area contributed by atoms with Crippen LogP contribution in [0, 0.1) is 0 Å². The number of nitrogens with zero attached hydrogens (tertiary/aromatic N) is 2. The molecule has 118 valence electrons. The summed E-state index contributed by atoms with van der Waals surface area (Å²) in [5.74, 6) is 0.501. The Labute approximate surface area is 137 Å². The molecular weight excluding hydrogens is 377 g/mol. The van der Waals surface area contributed by atoms with Crippen molar-refractivity contribution >= 4 is 15.9 Å². The number of furan rings is 1. The molecule has 4 nitrogen and oxygen atoms in total. The topological polar surface area (TPSA) is 48.2 Å². The van der Waals surface area contributed by atoms with E-state index in [4.69, 9.17) is 9.15 Å². The Hall–Kier alpha value is -2.35. The van der Waals surface area contributed by atoms with Crippen LogP contribution in [0.5, 0.6) is 11.8 Å². The Kier molecular flexibility index (Phi) is 4.08. The second-order valence-electron chi connectivity index (χ2n) is 4.46. The van der Waals surface area contributed by atoms with Crippen molar-refractivity contribution in [3.63, 3.8) is 0 Å². The van der Waals surface area contributed by atoms with Gasteiger partial charge in [-0.2, -0.15) is 23.1 Å². The van der Waals surface area contributed by atoms with Gasteiger partial charge in [-0.1, -0.05) is 22.0 Å². The van der Waals surface area contributed by atoms with Gasteiger partial charge in [-0.25, -0.2) is 0 Å². The third-order valence-corrected chi connectivity index (χ3v) is 3.27. The molecule has 3 rings (SSSR count). The van der Waals surface area contributed by atoms with Crippen molar-refractivity contribution < 1.29 is 22.3 Å². The van der Waals surface area contributed by atoms with Gasteiger partial charge in [0.2, 0.25) is 0 Å². The number of halogens is 4. The second kappa shape index (κ2) is 6.04. The van der Waals surface area contributed by atoms with Crippen molar-refractivity contribution in [1.29, 1.82) is 0 Å². The standard InChI is InChI=1S/C15H8BrF3N2O2/c16-9-3-1-4-10(7-9)23-14-20-11(12-5-2-6-22-12)8-13(21-14)15(17,18)19/h1-8H. The summed E-state index contributed by atoms with van der Waals surface area (Å²) in [6, 6.07) is 10.1. The fraction of sp³-hybridized carbons (Fsp3) is 0.0667. The summed E-state index contributed by atoms with van der Waals surface area (Å²) >= 11 is 3.25. The monoisotopic (exact) mass is 384 g/mol. The molecule has 0 atom stereocenters. The summed E-state index contributed by atoms with van der Waals surface area (Å²) in [5, 5.41) is 0. The first-order chi connectivity index (χ1) is 10.9. The third-order valence-electron chi connectivity index (χ3n) is 2.77. The molecular formula is C15H8BrF3N2O2. The van der Waals surface area contributed by atoms with Gasteiger partial charge in [-0.3, -0.25) is 0 Å². The maximum absolute atomic E-state index is 13.0. The largest absolute Gasteiger partial charge is 0.463 e. The predicted molar refractivity (Wildman–Crippen MR) is 79.0 cm³/mol.